The van der Waals surface area contributed by atoms with E-state index in [1.165, 1.54) is 0 Å². The summed E-state index contributed by atoms with van der Waals surface area (Å²) in [6.07, 6.45) is 2.05. The van der Waals surface area contributed by atoms with E-state index in [1.807, 2.05) is 13.8 Å². The lowest BCUT2D eigenvalue weighted by atomic mass is 9.98. The van der Waals surface area contributed by atoms with Crippen molar-refractivity contribution in [2.45, 2.75) is 45.7 Å². The second-order valence-electron chi connectivity index (χ2n) is 4.78. The highest BCUT2D eigenvalue weighted by atomic mass is 16.5. The predicted octanol–water partition coefficient (Wildman–Crippen LogP) is 0.997. The van der Waals surface area contributed by atoms with Crippen LogP contribution >= 0.6 is 0 Å². The number of hydrogen-bond acceptors (Lipinski definition) is 4. The molecule has 0 aliphatic carbocycles. The van der Waals surface area contributed by atoms with Crippen molar-refractivity contribution in [3.8, 4) is 0 Å². The first kappa shape index (κ1) is 13.5. The molecule has 0 radical (unpaired) electrons. The quantitative estimate of drug-likeness (QED) is 0.729. The molecule has 1 aliphatic rings. The Morgan fingerprint density at radius 1 is 1.62 bits per heavy atom. The number of carbonyl (C=O) groups is 1. The van der Waals surface area contributed by atoms with Crippen LogP contribution in [0.5, 0.6) is 0 Å². The summed E-state index contributed by atoms with van der Waals surface area (Å²) in [5, 5.41) is 0. The average Bonchev–Trinajstić information content (AvgIpc) is 2.22. The van der Waals surface area contributed by atoms with Crippen molar-refractivity contribution < 1.29 is 9.53 Å². The largest absolute Gasteiger partial charge is 0.466 e. The van der Waals surface area contributed by atoms with Crippen LogP contribution in [0, 0.1) is 5.92 Å². The van der Waals surface area contributed by atoms with Crippen molar-refractivity contribution in [1.29, 1.82) is 0 Å². The van der Waals surface area contributed by atoms with E-state index in [2.05, 4.69) is 11.8 Å². The van der Waals surface area contributed by atoms with E-state index >= 15 is 0 Å². The fourth-order valence-corrected chi connectivity index (χ4v) is 2.24. The van der Waals surface area contributed by atoms with Crippen molar-refractivity contribution in [2.24, 2.45) is 11.7 Å². The maximum atomic E-state index is 11.5. The maximum Gasteiger partial charge on any atom is 0.309 e. The molecule has 0 aromatic heterocycles. The lowest BCUT2D eigenvalue weighted by molar-refractivity contribution is -0.148. The molecule has 3 atom stereocenters. The molecule has 4 nitrogen and oxygen atoms in total. The van der Waals surface area contributed by atoms with E-state index in [0.29, 0.717) is 18.7 Å². The number of nitrogens with two attached hydrogens (primary N) is 1. The van der Waals surface area contributed by atoms with Gasteiger partial charge in [0, 0.05) is 18.6 Å². The number of hydrogen-bond donors (Lipinski definition) is 1. The van der Waals surface area contributed by atoms with Crippen molar-refractivity contribution in [3.63, 3.8) is 0 Å². The van der Waals surface area contributed by atoms with Gasteiger partial charge in [0.25, 0.3) is 0 Å². The van der Waals surface area contributed by atoms with Crippen molar-refractivity contribution >= 4 is 5.97 Å². The molecule has 1 saturated heterocycles. The van der Waals surface area contributed by atoms with Crippen molar-refractivity contribution in [1.82, 2.24) is 4.90 Å². The molecule has 4 heteroatoms. The fraction of sp³-hybridized carbons (Fsp3) is 0.917. The van der Waals surface area contributed by atoms with Gasteiger partial charge < -0.3 is 10.5 Å². The smallest absolute Gasteiger partial charge is 0.309 e. The van der Waals surface area contributed by atoms with Gasteiger partial charge in [-0.3, -0.25) is 9.69 Å². The Morgan fingerprint density at radius 2 is 2.31 bits per heavy atom. The van der Waals surface area contributed by atoms with Crippen LogP contribution in [0.2, 0.25) is 0 Å². The van der Waals surface area contributed by atoms with Crippen LogP contribution in [0.3, 0.4) is 0 Å². The molecule has 1 rings (SSSR count). The third-order valence-corrected chi connectivity index (χ3v) is 3.25. The van der Waals surface area contributed by atoms with Crippen LogP contribution in [0.1, 0.15) is 33.6 Å². The number of likely N-dealkylation sites (tertiary alicyclic amines) is 1. The second-order valence-corrected chi connectivity index (χ2v) is 4.78. The number of esters is 1. The van der Waals surface area contributed by atoms with Gasteiger partial charge >= 0.3 is 5.97 Å². The molecule has 1 heterocycles. The molecule has 3 unspecified atom stereocenters. The second kappa shape index (κ2) is 6.21. The first-order valence-electron chi connectivity index (χ1n) is 6.20. The Bertz CT molecular complexity index is 233. The Hall–Kier alpha value is -0.610. The van der Waals surface area contributed by atoms with Crippen molar-refractivity contribution in [2.75, 3.05) is 19.7 Å². The van der Waals surface area contributed by atoms with Gasteiger partial charge in [-0.1, -0.05) is 6.92 Å². The third kappa shape index (κ3) is 3.76. The summed E-state index contributed by atoms with van der Waals surface area (Å²) in [6.45, 7) is 8.19. The monoisotopic (exact) mass is 228 g/mol. The summed E-state index contributed by atoms with van der Waals surface area (Å²) in [7, 11) is 0. The van der Waals surface area contributed by atoms with E-state index in [4.69, 9.17) is 10.5 Å². The molecule has 94 valence electrons. The minimum atomic E-state index is -0.0930. The molecule has 0 saturated carbocycles. The summed E-state index contributed by atoms with van der Waals surface area (Å²) < 4.78 is 5.01. The Kier molecular flexibility index (Phi) is 5.22. The van der Waals surface area contributed by atoms with E-state index < -0.39 is 0 Å². The molecule has 1 fully saturated rings. The van der Waals surface area contributed by atoms with Crippen LogP contribution in [0.4, 0.5) is 0 Å². The van der Waals surface area contributed by atoms with E-state index in [-0.39, 0.29) is 11.9 Å². The zero-order valence-corrected chi connectivity index (χ0v) is 10.6. The molecule has 0 aromatic carbocycles. The van der Waals surface area contributed by atoms with Crippen molar-refractivity contribution in [3.05, 3.63) is 0 Å². The Balaban J connectivity index is 2.38. The molecule has 2 N–H and O–H groups in total. The van der Waals surface area contributed by atoms with E-state index in [0.717, 1.165) is 25.9 Å². The zero-order chi connectivity index (χ0) is 12.1. The Labute approximate surface area is 98.1 Å². The number of nitrogens with zero attached hydrogens (tertiary/aromatic N) is 1. The highest BCUT2D eigenvalue weighted by Gasteiger charge is 2.26. The lowest BCUT2D eigenvalue weighted by Gasteiger charge is -2.37. The minimum absolute atomic E-state index is 0.0447. The summed E-state index contributed by atoms with van der Waals surface area (Å²) in [4.78, 5) is 13.9. The van der Waals surface area contributed by atoms with Crippen LogP contribution in [0.15, 0.2) is 0 Å². The van der Waals surface area contributed by atoms with E-state index in [1.54, 1.807) is 0 Å². The SMILES string of the molecule is CCOC(=O)C(C)CN1CCC(N)CC1C. The number of carbonyl (C=O) groups excluding carboxylic acids is 1. The van der Waals surface area contributed by atoms with E-state index in [9.17, 15) is 4.79 Å². The summed E-state index contributed by atoms with van der Waals surface area (Å²) in [6, 6.07) is 0.796. The molecule has 16 heavy (non-hydrogen) atoms. The van der Waals surface area contributed by atoms with Crippen LogP contribution in [0.25, 0.3) is 0 Å². The van der Waals surface area contributed by atoms with Gasteiger partial charge in [-0.2, -0.15) is 0 Å². The van der Waals surface area contributed by atoms with Gasteiger partial charge in [0.2, 0.25) is 0 Å². The zero-order valence-electron chi connectivity index (χ0n) is 10.6. The predicted molar refractivity (Wildman–Crippen MR) is 64.0 cm³/mol. The fourth-order valence-electron chi connectivity index (χ4n) is 2.24. The number of piperidine rings is 1. The molecule has 1 aliphatic heterocycles. The van der Waals surface area contributed by atoms with Gasteiger partial charge in [0.1, 0.15) is 0 Å². The number of rotatable bonds is 4. The average molecular weight is 228 g/mol. The number of ether oxygens (including phenoxy) is 1. The van der Waals surface area contributed by atoms with Crippen LogP contribution in [-0.2, 0) is 9.53 Å². The van der Waals surface area contributed by atoms with Crippen LogP contribution < -0.4 is 5.73 Å². The van der Waals surface area contributed by atoms with Crippen LogP contribution in [-0.4, -0.2) is 42.6 Å². The van der Waals surface area contributed by atoms with Gasteiger partial charge in [0.15, 0.2) is 0 Å². The highest BCUT2D eigenvalue weighted by Crippen LogP contribution is 2.17. The summed E-state index contributed by atoms with van der Waals surface area (Å²) in [5.41, 5.74) is 5.91. The standard InChI is InChI=1S/C12H24N2O2/c1-4-16-12(15)9(2)8-14-6-5-11(13)7-10(14)3/h9-11H,4-8,13H2,1-3H3. The van der Waals surface area contributed by atoms with Gasteiger partial charge in [-0.05, 0) is 33.2 Å². The molecule has 0 bridgehead atoms. The minimum Gasteiger partial charge on any atom is -0.466 e. The first-order chi connectivity index (χ1) is 7.54. The first-order valence-corrected chi connectivity index (χ1v) is 6.20. The Morgan fingerprint density at radius 3 is 2.88 bits per heavy atom. The molecular weight excluding hydrogens is 204 g/mol. The van der Waals surface area contributed by atoms with Gasteiger partial charge in [-0.25, -0.2) is 0 Å². The molecular formula is C12H24N2O2. The van der Waals surface area contributed by atoms with Gasteiger partial charge in [0.05, 0.1) is 12.5 Å². The molecule has 0 amide bonds. The van der Waals surface area contributed by atoms with Gasteiger partial charge in [-0.15, -0.1) is 0 Å². The topological polar surface area (TPSA) is 55.6 Å². The summed E-state index contributed by atoms with van der Waals surface area (Å²) >= 11 is 0. The lowest BCUT2D eigenvalue weighted by Crippen LogP contribution is -2.47. The maximum absolute atomic E-state index is 11.5. The molecule has 0 aromatic rings. The summed E-state index contributed by atoms with van der Waals surface area (Å²) in [5.74, 6) is -0.138. The third-order valence-electron chi connectivity index (χ3n) is 3.25. The molecule has 0 spiro atoms. The highest BCUT2D eigenvalue weighted by molar-refractivity contribution is 5.72. The normalized spacial score (nSPS) is 28.8.